The third-order valence-corrected chi connectivity index (χ3v) is 4.34. The van der Waals surface area contributed by atoms with Gasteiger partial charge in [-0.25, -0.2) is 14.6 Å². The van der Waals surface area contributed by atoms with Gasteiger partial charge in [-0.15, -0.1) is 11.3 Å². The fourth-order valence-electron chi connectivity index (χ4n) is 2.10. The van der Waals surface area contributed by atoms with Crippen LogP contribution in [-0.2, 0) is 16.1 Å². The van der Waals surface area contributed by atoms with Gasteiger partial charge in [-0.3, -0.25) is 20.1 Å². The molecule has 3 rings (SSSR count). The molecule has 0 atom stereocenters. The van der Waals surface area contributed by atoms with Crippen molar-refractivity contribution in [3.63, 3.8) is 0 Å². The molecule has 1 aromatic heterocycles. The summed E-state index contributed by atoms with van der Waals surface area (Å²) in [6.07, 6.45) is 1.84. The van der Waals surface area contributed by atoms with Crippen molar-refractivity contribution in [1.29, 1.82) is 0 Å². The molecule has 154 valence electrons. The first kappa shape index (κ1) is 21.8. The maximum Gasteiger partial charge on any atom is 0.490 e. The summed E-state index contributed by atoms with van der Waals surface area (Å²) in [7, 11) is 0. The molecule has 2 aliphatic rings. The van der Waals surface area contributed by atoms with Gasteiger partial charge in [0.1, 0.15) is 6.67 Å². The fourth-order valence-corrected chi connectivity index (χ4v) is 2.94. The van der Waals surface area contributed by atoms with Crippen LogP contribution in [0.5, 0.6) is 0 Å². The molecule has 0 aromatic carbocycles. The van der Waals surface area contributed by atoms with Gasteiger partial charge in [0.15, 0.2) is 5.13 Å². The van der Waals surface area contributed by atoms with E-state index in [2.05, 4.69) is 20.2 Å². The summed E-state index contributed by atoms with van der Waals surface area (Å²) >= 11 is 1.50. The fraction of sp³-hybridized carbons (Fsp3) is 0.467. The number of aromatic nitrogens is 1. The lowest BCUT2D eigenvalue weighted by molar-refractivity contribution is -0.192. The second-order valence-corrected chi connectivity index (χ2v) is 6.65. The summed E-state index contributed by atoms with van der Waals surface area (Å²) in [6, 6.07) is -0.213. The number of halogens is 3. The van der Waals surface area contributed by atoms with Gasteiger partial charge in [-0.05, 0) is 6.08 Å². The molecule has 2 aliphatic heterocycles. The number of urea groups is 1. The zero-order valence-electron chi connectivity index (χ0n) is 14.6. The zero-order valence-corrected chi connectivity index (χ0v) is 15.4. The highest BCUT2D eigenvalue weighted by atomic mass is 32.1. The van der Waals surface area contributed by atoms with Crippen LogP contribution >= 0.6 is 11.3 Å². The normalized spacial score (nSPS) is 17.0. The second kappa shape index (κ2) is 10.1. The van der Waals surface area contributed by atoms with Gasteiger partial charge < -0.3 is 9.84 Å². The molecule has 0 unspecified atom stereocenters. The molecule has 3 heterocycles. The van der Waals surface area contributed by atoms with Crippen LogP contribution in [0.4, 0.5) is 23.1 Å². The summed E-state index contributed by atoms with van der Waals surface area (Å²) in [4.78, 5) is 34.1. The smallest absolute Gasteiger partial charge is 0.475 e. The van der Waals surface area contributed by atoms with E-state index in [1.165, 1.54) is 16.2 Å². The monoisotopic (exact) mass is 421 g/mol. The minimum absolute atomic E-state index is 0.213. The number of hydrogen-bond acceptors (Lipinski definition) is 7. The third kappa shape index (κ3) is 7.25. The minimum Gasteiger partial charge on any atom is -0.475 e. The number of nitrogens with zero attached hydrogens (tertiary/aromatic N) is 4. The summed E-state index contributed by atoms with van der Waals surface area (Å²) < 4.78 is 37.1. The van der Waals surface area contributed by atoms with Crippen LogP contribution in [0.3, 0.4) is 0 Å². The number of allylic oxidation sites excluding steroid dienone is 1. The maximum absolute atomic E-state index is 12.0. The van der Waals surface area contributed by atoms with Crippen molar-refractivity contribution in [3.05, 3.63) is 23.3 Å². The van der Waals surface area contributed by atoms with Crippen molar-refractivity contribution >= 4 is 34.7 Å². The first-order valence-electron chi connectivity index (χ1n) is 8.05. The highest BCUT2D eigenvalue weighted by molar-refractivity contribution is 7.15. The number of aliphatic carboxylic acids is 1. The highest BCUT2D eigenvalue weighted by Gasteiger charge is 2.38. The number of amides is 2. The SMILES string of the molecule is O=C(Nc1ncc(CN2CCOCC2)s1)N1C=CC=NC1.O=C(O)C(F)(F)F. The predicted octanol–water partition coefficient (Wildman–Crippen LogP) is 2.00. The zero-order chi connectivity index (χ0) is 20.6. The number of morpholine rings is 1. The van der Waals surface area contributed by atoms with Crippen LogP contribution in [0.15, 0.2) is 23.5 Å². The molecule has 28 heavy (non-hydrogen) atoms. The van der Waals surface area contributed by atoms with E-state index in [9.17, 15) is 18.0 Å². The molecule has 2 amide bonds. The molecule has 1 fully saturated rings. The van der Waals surface area contributed by atoms with Gasteiger partial charge in [0.2, 0.25) is 0 Å². The van der Waals surface area contributed by atoms with E-state index in [-0.39, 0.29) is 6.03 Å². The largest absolute Gasteiger partial charge is 0.490 e. The van der Waals surface area contributed by atoms with Crippen LogP contribution in [0.1, 0.15) is 4.88 Å². The van der Waals surface area contributed by atoms with E-state index in [0.29, 0.717) is 11.8 Å². The van der Waals surface area contributed by atoms with Gasteiger partial charge in [0.25, 0.3) is 0 Å². The van der Waals surface area contributed by atoms with Crippen molar-refractivity contribution in [3.8, 4) is 0 Å². The molecule has 0 radical (unpaired) electrons. The summed E-state index contributed by atoms with van der Waals surface area (Å²) in [6.45, 7) is 4.64. The van der Waals surface area contributed by atoms with Gasteiger partial charge >= 0.3 is 18.2 Å². The molecule has 2 N–H and O–H groups in total. The lowest BCUT2D eigenvalue weighted by Gasteiger charge is -2.25. The van der Waals surface area contributed by atoms with Crippen molar-refractivity contribution in [2.24, 2.45) is 4.99 Å². The maximum atomic E-state index is 12.0. The van der Waals surface area contributed by atoms with E-state index in [1.807, 2.05) is 6.20 Å². The number of carboxylic acids is 1. The van der Waals surface area contributed by atoms with Crippen molar-refractivity contribution in [2.75, 3.05) is 38.3 Å². The molecular weight excluding hydrogens is 403 g/mol. The van der Waals surface area contributed by atoms with Crippen LogP contribution in [0.2, 0.25) is 0 Å². The average Bonchev–Trinajstić information content (AvgIpc) is 3.10. The van der Waals surface area contributed by atoms with Crippen LogP contribution in [0.25, 0.3) is 0 Å². The Bertz CT molecular complexity index is 732. The molecule has 9 nitrogen and oxygen atoms in total. The van der Waals surface area contributed by atoms with Crippen molar-refractivity contribution < 1.29 is 32.6 Å². The quantitative estimate of drug-likeness (QED) is 0.773. The highest BCUT2D eigenvalue weighted by Crippen LogP contribution is 2.20. The Hall–Kier alpha value is -2.51. The Balaban J connectivity index is 0.000000345. The number of carbonyl (C=O) groups is 2. The molecule has 0 aliphatic carbocycles. The predicted molar refractivity (Wildman–Crippen MR) is 95.3 cm³/mol. The summed E-state index contributed by atoms with van der Waals surface area (Å²) in [5.74, 6) is -2.76. The topological polar surface area (TPSA) is 107 Å². The van der Waals surface area contributed by atoms with Crippen molar-refractivity contribution in [2.45, 2.75) is 12.7 Å². The first-order chi connectivity index (χ1) is 13.3. The summed E-state index contributed by atoms with van der Waals surface area (Å²) in [5, 5.41) is 10.5. The molecule has 13 heteroatoms. The number of anilines is 1. The van der Waals surface area contributed by atoms with Crippen LogP contribution in [-0.4, -0.2) is 77.3 Å². The Morgan fingerprint density at radius 1 is 1.32 bits per heavy atom. The second-order valence-electron chi connectivity index (χ2n) is 5.54. The van der Waals surface area contributed by atoms with Crippen molar-refractivity contribution in [1.82, 2.24) is 14.8 Å². The Kier molecular flexibility index (Phi) is 7.90. The standard InChI is InChI=1S/C13H17N5O2S.C2HF3O2/c19-13(18-3-1-2-14-10-18)16-12-15-8-11(21-12)9-17-4-6-20-7-5-17;3-2(4,5)1(6)7/h1-3,8H,4-7,9-10H2,(H,15,16,19);(H,6,7). The number of rotatable bonds is 3. The van der Waals surface area contributed by atoms with E-state index >= 15 is 0 Å². The van der Waals surface area contributed by atoms with Gasteiger partial charge in [0.05, 0.1) is 13.2 Å². The minimum atomic E-state index is -5.08. The van der Waals surface area contributed by atoms with E-state index < -0.39 is 12.1 Å². The number of carboxylic acid groups (broad SMARTS) is 1. The molecular formula is C15H18F3N5O4S. The number of thiazole rings is 1. The lowest BCUT2D eigenvalue weighted by Crippen LogP contribution is -2.35. The Morgan fingerprint density at radius 3 is 2.57 bits per heavy atom. The van der Waals surface area contributed by atoms with Crippen LogP contribution in [0, 0.1) is 0 Å². The molecule has 1 aromatic rings. The number of carbonyl (C=O) groups excluding carboxylic acids is 1. The average molecular weight is 421 g/mol. The number of nitrogens with one attached hydrogen (secondary N) is 1. The summed E-state index contributed by atoms with van der Waals surface area (Å²) in [5.41, 5.74) is 0. The first-order valence-corrected chi connectivity index (χ1v) is 8.86. The number of ether oxygens (including phenoxy) is 1. The molecule has 0 saturated carbocycles. The Morgan fingerprint density at radius 2 is 2.00 bits per heavy atom. The third-order valence-electron chi connectivity index (χ3n) is 3.45. The molecule has 0 spiro atoms. The number of alkyl halides is 3. The molecule has 1 saturated heterocycles. The van der Waals surface area contributed by atoms with E-state index in [0.717, 1.165) is 37.7 Å². The van der Waals surface area contributed by atoms with Crippen LogP contribution < -0.4 is 5.32 Å². The lowest BCUT2D eigenvalue weighted by atomic mass is 10.4. The van der Waals surface area contributed by atoms with Gasteiger partial charge in [0, 0.05) is 43.1 Å². The van der Waals surface area contributed by atoms with Gasteiger partial charge in [-0.1, -0.05) is 0 Å². The number of hydrogen-bond donors (Lipinski definition) is 2. The Labute approximate surface area is 162 Å². The number of aliphatic imine (C=N–C) groups is 1. The van der Waals surface area contributed by atoms with Gasteiger partial charge in [-0.2, -0.15) is 13.2 Å². The van der Waals surface area contributed by atoms with E-state index in [4.69, 9.17) is 14.6 Å². The molecule has 0 bridgehead atoms. The van der Waals surface area contributed by atoms with E-state index in [1.54, 1.807) is 18.5 Å².